The maximum Gasteiger partial charge on any atom is 0.0252 e. The second kappa shape index (κ2) is 15.4. The second-order valence-electron chi connectivity index (χ2n) is 6.50. The van der Waals surface area contributed by atoms with Crippen molar-refractivity contribution >= 4 is 0 Å². The van der Waals surface area contributed by atoms with Crippen LogP contribution in [-0.4, -0.2) is 61.7 Å². The first-order chi connectivity index (χ1) is 11.3. The third kappa shape index (κ3) is 9.07. The molecular formula is C20H45N3. The molecule has 0 radical (unpaired) electrons. The summed E-state index contributed by atoms with van der Waals surface area (Å²) in [5.74, 6) is 0.871. The van der Waals surface area contributed by atoms with E-state index in [9.17, 15) is 0 Å². The highest BCUT2D eigenvalue weighted by Gasteiger charge is 2.28. The first kappa shape index (κ1) is 22.9. The highest BCUT2D eigenvalue weighted by Crippen LogP contribution is 2.23. The van der Waals surface area contributed by atoms with Crippen LogP contribution in [0.4, 0.5) is 0 Å². The molecule has 2 atom stereocenters. The molecule has 0 saturated carbocycles. The lowest BCUT2D eigenvalue weighted by Gasteiger charge is -2.41. The van der Waals surface area contributed by atoms with E-state index in [-0.39, 0.29) is 0 Å². The Balaban J connectivity index is 0.00000232. The SMILES string of the molecule is CC.CCCCCC(CC)C(CN(CC)CC)N1CCNCC1. The molecule has 0 spiro atoms. The zero-order valence-corrected chi connectivity index (χ0v) is 17.0. The summed E-state index contributed by atoms with van der Waals surface area (Å²) in [6, 6.07) is 0.758. The summed E-state index contributed by atoms with van der Waals surface area (Å²) in [6.45, 7) is 21.7. The molecule has 1 aliphatic heterocycles. The van der Waals surface area contributed by atoms with E-state index in [4.69, 9.17) is 0 Å². The summed E-state index contributed by atoms with van der Waals surface area (Å²) in [7, 11) is 0. The third-order valence-corrected chi connectivity index (χ3v) is 5.21. The Morgan fingerprint density at radius 3 is 2.04 bits per heavy atom. The topological polar surface area (TPSA) is 18.5 Å². The summed E-state index contributed by atoms with van der Waals surface area (Å²) >= 11 is 0. The van der Waals surface area contributed by atoms with Crippen LogP contribution < -0.4 is 5.32 Å². The van der Waals surface area contributed by atoms with Gasteiger partial charge in [0.1, 0.15) is 0 Å². The van der Waals surface area contributed by atoms with Crippen LogP contribution in [0.25, 0.3) is 0 Å². The molecule has 2 unspecified atom stereocenters. The summed E-state index contributed by atoms with van der Waals surface area (Å²) in [5, 5.41) is 3.50. The molecule has 1 fully saturated rings. The van der Waals surface area contributed by atoms with Crippen molar-refractivity contribution < 1.29 is 0 Å². The Morgan fingerprint density at radius 1 is 0.957 bits per heavy atom. The minimum absolute atomic E-state index is 0.758. The Bertz CT molecular complexity index is 235. The van der Waals surface area contributed by atoms with E-state index in [0.717, 1.165) is 12.0 Å². The average Bonchev–Trinajstić information content (AvgIpc) is 2.63. The number of unbranched alkanes of at least 4 members (excludes halogenated alkanes) is 2. The molecule has 1 N–H and O–H groups in total. The van der Waals surface area contributed by atoms with Crippen LogP contribution in [0.3, 0.4) is 0 Å². The van der Waals surface area contributed by atoms with Crippen molar-refractivity contribution in [1.82, 2.24) is 15.1 Å². The predicted molar refractivity (Wildman–Crippen MR) is 105 cm³/mol. The third-order valence-electron chi connectivity index (χ3n) is 5.21. The predicted octanol–water partition coefficient (Wildman–Crippen LogP) is 4.23. The normalized spacial score (nSPS) is 18.4. The van der Waals surface area contributed by atoms with Crippen LogP contribution >= 0.6 is 0 Å². The van der Waals surface area contributed by atoms with Crippen molar-refractivity contribution in [1.29, 1.82) is 0 Å². The lowest BCUT2D eigenvalue weighted by atomic mass is 9.89. The zero-order chi connectivity index (χ0) is 17.5. The maximum absolute atomic E-state index is 3.50. The summed E-state index contributed by atoms with van der Waals surface area (Å²) in [6.07, 6.45) is 6.90. The minimum atomic E-state index is 0.758. The molecule has 23 heavy (non-hydrogen) atoms. The quantitative estimate of drug-likeness (QED) is 0.573. The number of likely N-dealkylation sites (N-methyl/N-ethyl adjacent to an activating group) is 1. The highest BCUT2D eigenvalue weighted by molar-refractivity contribution is 4.84. The van der Waals surface area contributed by atoms with Gasteiger partial charge in [-0.2, -0.15) is 0 Å². The molecule has 0 bridgehead atoms. The van der Waals surface area contributed by atoms with Crippen LogP contribution in [0.1, 0.15) is 73.6 Å². The van der Waals surface area contributed by atoms with E-state index >= 15 is 0 Å². The monoisotopic (exact) mass is 327 g/mol. The highest BCUT2D eigenvalue weighted by atomic mass is 15.2. The first-order valence-electron chi connectivity index (χ1n) is 10.4. The number of rotatable bonds is 11. The first-order valence-corrected chi connectivity index (χ1v) is 10.4. The van der Waals surface area contributed by atoms with E-state index in [0.29, 0.717) is 0 Å². The molecular weight excluding hydrogens is 282 g/mol. The van der Waals surface area contributed by atoms with Crippen LogP contribution in [0, 0.1) is 5.92 Å². The molecule has 140 valence electrons. The van der Waals surface area contributed by atoms with Crippen molar-refractivity contribution in [3.05, 3.63) is 0 Å². The van der Waals surface area contributed by atoms with Gasteiger partial charge in [-0.3, -0.25) is 4.90 Å². The number of nitrogens with one attached hydrogen (secondary N) is 1. The van der Waals surface area contributed by atoms with Gasteiger partial charge in [0.25, 0.3) is 0 Å². The number of nitrogens with zero attached hydrogens (tertiary/aromatic N) is 2. The van der Waals surface area contributed by atoms with Gasteiger partial charge < -0.3 is 10.2 Å². The Hall–Kier alpha value is -0.120. The van der Waals surface area contributed by atoms with E-state index in [1.165, 1.54) is 77.9 Å². The van der Waals surface area contributed by atoms with Gasteiger partial charge in [0, 0.05) is 38.8 Å². The van der Waals surface area contributed by atoms with E-state index in [1.807, 2.05) is 13.8 Å². The maximum atomic E-state index is 3.50. The van der Waals surface area contributed by atoms with Crippen molar-refractivity contribution in [3.63, 3.8) is 0 Å². The van der Waals surface area contributed by atoms with E-state index in [1.54, 1.807) is 0 Å². The van der Waals surface area contributed by atoms with Crippen molar-refractivity contribution in [2.75, 3.05) is 45.8 Å². The molecule has 1 saturated heterocycles. The van der Waals surface area contributed by atoms with Crippen LogP contribution in [-0.2, 0) is 0 Å². The lowest BCUT2D eigenvalue weighted by Crippen LogP contribution is -2.54. The molecule has 3 nitrogen and oxygen atoms in total. The smallest absolute Gasteiger partial charge is 0.0252 e. The van der Waals surface area contributed by atoms with Gasteiger partial charge in [-0.15, -0.1) is 0 Å². The van der Waals surface area contributed by atoms with Gasteiger partial charge in [0.05, 0.1) is 0 Å². The van der Waals surface area contributed by atoms with Gasteiger partial charge in [0.15, 0.2) is 0 Å². The summed E-state index contributed by atoms with van der Waals surface area (Å²) < 4.78 is 0. The average molecular weight is 328 g/mol. The molecule has 0 aromatic carbocycles. The van der Waals surface area contributed by atoms with Crippen molar-refractivity contribution in [2.24, 2.45) is 5.92 Å². The molecule has 1 rings (SSSR count). The second-order valence-corrected chi connectivity index (χ2v) is 6.50. The van der Waals surface area contributed by atoms with Crippen molar-refractivity contribution in [3.8, 4) is 0 Å². The van der Waals surface area contributed by atoms with E-state index < -0.39 is 0 Å². The molecule has 0 aromatic rings. The fourth-order valence-electron chi connectivity index (χ4n) is 3.65. The van der Waals surface area contributed by atoms with Crippen LogP contribution in [0.5, 0.6) is 0 Å². The molecule has 0 amide bonds. The molecule has 1 heterocycles. The van der Waals surface area contributed by atoms with E-state index in [2.05, 4.69) is 42.8 Å². The van der Waals surface area contributed by atoms with Crippen molar-refractivity contribution in [2.45, 2.75) is 79.7 Å². The fraction of sp³-hybridized carbons (Fsp3) is 1.00. The summed E-state index contributed by atoms with van der Waals surface area (Å²) in [4.78, 5) is 5.39. The summed E-state index contributed by atoms with van der Waals surface area (Å²) in [5.41, 5.74) is 0. The minimum Gasteiger partial charge on any atom is -0.314 e. The molecule has 0 aliphatic carbocycles. The van der Waals surface area contributed by atoms with Gasteiger partial charge in [0.2, 0.25) is 0 Å². The fourth-order valence-corrected chi connectivity index (χ4v) is 3.65. The standard InChI is InChI=1S/C18H39N3.C2H6/c1-5-9-10-11-17(6-2)18(16-20(7-3)8-4)21-14-12-19-13-15-21;1-2/h17-19H,5-16H2,1-4H3;1-2H3. The van der Waals surface area contributed by atoms with Gasteiger partial charge in [-0.1, -0.05) is 67.2 Å². The molecule has 0 aromatic heterocycles. The Morgan fingerprint density at radius 2 is 1.57 bits per heavy atom. The van der Waals surface area contributed by atoms with Crippen LogP contribution in [0.15, 0.2) is 0 Å². The zero-order valence-electron chi connectivity index (χ0n) is 17.0. The Labute approximate surface area is 147 Å². The largest absolute Gasteiger partial charge is 0.314 e. The number of hydrogen-bond donors (Lipinski definition) is 1. The van der Waals surface area contributed by atoms with Gasteiger partial charge in [-0.05, 0) is 25.4 Å². The molecule has 1 aliphatic rings. The Kier molecular flexibility index (Phi) is 15.3. The number of hydrogen-bond acceptors (Lipinski definition) is 3. The van der Waals surface area contributed by atoms with Crippen LogP contribution in [0.2, 0.25) is 0 Å². The number of piperazine rings is 1. The lowest BCUT2D eigenvalue weighted by molar-refractivity contribution is 0.0809. The van der Waals surface area contributed by atoms with Gasteiger partial charge in [-0.25, -0.2) is 0 Å². The van der Waals surface area contributed by atoms with Gasteiger partial charge >= 0.3 is 0 Å². The molecule has 3 heteroatoms.